The Morgan fingerprint density at radius 2 is 1.87 bits per heavy atom. The maximum Gasteiger partial charge on any atom is 0.186 e. The van der Waals surface area contributed by atoms with E-state index in [4.69, 9.17) is 23.7 Å². The maximum atomic E-state index is 10.4. The number of aliphatic hydroxyl groups excluding tert-OH is 1. The predicted molar refractivity (Wildman–Crippen MR) is 81.6 cm³/mol. The van der Waals surface area contributed by atoms with Crippen molar-refractivity contribution in [3.05, 3.63) is 35.9 Å². The number of methoxy groups -OCH3 is 1. The lowest BCUT2D eigenvalue weighted by Gasteiger charge is -2.26. The Balaban J connectivity index is 1.55. The molecule has 6 nitrogen and oxygen atoms in total. The lowest BCUT2D eigenvalue weighted by atomic mass is 10.1. The second kappa shape index (κ2) is 6.84. The monoisotopic (exact) mass is 324 g/mol. The van der Waals surface area contributed by atoms with Crippen LogP contribution in [0, 0.1) is 0 Å². The van der Waals surface area contributed by atoms with Gasteiger partial charge in [0, 0.05) is 7.11 Å². The zero-order valence-electron chi connectivity index (χ0n) is 13.7. The zero-order valence-corrected chi connectivity index (χ0v) is 13.7. The van der Waals surface area contributed by atoms with E-state index >= 15 is 0 Å². The largest absolute Gasteiger partial charge is 0.388 e. The molecule has 5 atom stereocenters. The van der Waals surface area contributed by atoms with Crippen LogP contribution in [0.3, 0.4) is 0 Å². The van der Waals surface area contributed by atoms with E-state index in [-0.39, 0.29) is 18.8 Å². The third kappa shape index (κ3) is 3.74. The molecule has 0 saturated carbocycles. The molecule has 0 amide bonds. The summed E-state index contributed by atoms with van der Waals surface area (Å²) >= 11 is 0. The molecule has 2 aliphatic rings. The van der Waals surface area contributed by atoms with E-state index in [0.717, 1.165) is 5.56 Å². The first kappa shape index (κ1) is 16.8. The van der Waals surface area contributed by atoms with Crippen molar-refractivity contribution < 1.29 is 28.8 Å². The summed E-state index contributed by atoms with van der Waals surface area (Å²) in [7, 11) is 1.55. The van der Waals surface area contributed by atoms with Crippen LogP contribution in [0.1, 0.15) is 19.4 Å². The Kier molecular flexibility index (Phi) is 5.01. The summed E-state index contributed by atoms with van der Waals surface area (Å²) in [5, 5.41) is 10.4. The number of aliphatic hydroxyl groups is 1. The summed E-state index contributed by atoms with van der Waals surface area (Å²) in [6.07, 6.45) is -2.61. The Morgan fingerprint density at radius 3 is 2.57 bits per heavy atom. The lowest BCUT2D eigenvalue weighted by molar-refractivity contribution is -0.239. The van der Waals surface area contributed by atoms with Crippen LogP contribution in [-0.2, 0) is 30.3 Å². The smallest absolute Gasteiger partial charge is 0.186 e. The van der Waals surface area contributed by atoms with Gasteiger partial charge in [-0.05, 0) is 19.4 Å². The van der Waals surface area contributed by atoms with Crippen LogP contribution < -0.4 is 0 Å². The van der Waals surface area contributed by atoms with Crippen molar-refractivity contribution in [2.75, 3.05) is 13.7 Å². The molecule has 0 unspecified atom stereocenters. The van der Waals surface area contributed by atoms with Crippen LogP contribution in [0.25, 0.3) is 0 Å². The van der Waals surface area contributed by atoms with Crippen molar-refractivity contribution >= 4 is 0 Å². The molecular formula is C17H24O6. The van der Waals surface area contributed by atoms with Gasteiger partial charge in [0.05, 0.1) is 13.2 Å². The van der Waals surface area contributed by atoms with Gasteiger partial charge in [0.1, 0.15) is 24.4 Å². The van der Waals surface area contributed by atoms with Gasteiger partial charge in [-0.3, -0.25) is 0 Å². The fourth-order valence-corrected chi connectivity index (χ4v) is 3.06. The van der Waals surface area contributed by atoms with Gasteiger partial charge in [0.15, 0.2) is 12.1 Å². The van der Waals surface area contributed by atoms with Crippen LogP contribution in [0.4, 0.5) is 0 Å². The molecule has 128 valence electrons. The first-order valence-electron chi connectivity index (χ1n) is 7.84. The van der Waals surface area contributed by atoms with E-state index in [1.807, 2.05) is 44.2 Å². The number of fused-ring (bicyclic) bond motifs is 1. The van der Waals surface area contributed by atoms with Crippen molar-refractivity contribution in [2.45, 2.75) is 56.9 Å². The number of hydrogen-bond donors (Lipinski definition) is 1. The van der Waals surface area contributed by atoms with E-state index in [1.165, 1.54) is 0 Å². The number of benzene rings is 1. The van der Waals surface area contributed by atoms with Crippen molar-refractivity contribution in [2.24, 2.45) is 0 Å². The quantitative estimate of drug-likeness (QED) is 0.854. The SMILES string of the molecule is CO[C@H]1O[C@H]([C@H](O)COCc2ccccc2)[C@@H]2OC(C)(C)O[C@H]12. The highest BCUT2D eigenvalue weighted by Gasteiger charge is 2.57. The molecule has 2 heterocycles. The van der Waals surface area contributed by atoms with Crippen LogP contribution in [0.2, 0.25) is 0 Å². The molecule has 3 rings (SSSR count). The molecule has 0 spiro atoms. The number of ether oxygens (including phenoxy) is 5. The molecule has 1 aromatic rings. The first-order valence-corrected chi connectivity index (χ1v) is 7.84. The Morgan fingerprint density at radius 1 is 1.17 bits per heavy atom. The maximum absolute atomic E-state index is 10.4. The van der Waals surface area contributed by atoms with Gasteiger partial charge in [0.2, 0.25) is 0 Å². The molecule has 1 aromatic carbocycles. The summed E-state index contributed by atoms with van der Waals surface area (Å²) in [5.74, 6) is -0.710. The van der Waals surface area contributed by atoms with Gasteiger partial charge in [-0.25, -0.2) is 0 Å². The third-order valence-corrected chi connectivity index (χ3v) is 4.06. The van der Waals surface area contributed by atoms with Crippen LogP contribution in [0.5, 0.6) is 0 Å². The number of rotatable bonds is 6. The molecule has 0 aliphatic carbocycles. The van der Waals surface area contributed by atoms with Crippen molar-refractivity contribution in [1.82, 2.24) is 0 Å². The van der Waals surface area contributed by atoms with Crippen LogP contribution in [-0.4, -0.2) is 55.3 Å². The van der Waals surface area contributed by atoms with E-state index in [9.17, 15) is 5.11 Å². The lowest BCUT2D eigenvalue weighted by Crippen LogP contribution is -2.41. The average Bonchev–Trinajstić information content (AvgIpc) is 3.01. The minimum Gasteiger partial charge on any atom is -0.388 e. The summed E-state index contributed by atoms with van der Waals surface area (Å²) in [5.41, 5.74) is 1.06. The molecule has 2 fully saturated rings. The highest BCUT2D eigenvalue weighted by molar-refractivity contribution is 5.13. The van der Waals surface area contributed by atoms with Gasteiger partial charge in [0.25, 0.3) is 0 Å². The van der Waals surface area contributed by atoms with Crippen LogP contribution in [0.15, 0.2) is 30.3 Å². The fourth-order valence-electron chi connectivity index (χ4n) is 3.06. The fraction of sp³-hybridized carbons (Fsp3) is 0.647. The highest BCUT2D eigenvalue weighted by atomic mass is 16.8. The topological polar surface area (TPSA) is 66.4 Å². The molecule has 0 bridgehead atoms. The van der Waals surface area contributed by atoms with E-state index in [1.54, 1.807) is 7.11 Å². The number of hydrogen-bond acceptors (Lipinski definition) is 6. The third-order valence-electron chi connectivity index (χ3n) is 4.06. The summed E-state index contributed by atoms with van der Waals surface area (Å²) < 4.78 is 28.3. The van der Waals surface area contributed by atoms with Gasteiger partial charge in [-0.2, -0.15) is 0 Å². The van der Waals surface area contributed by atoms with Gasteiger partial charge in [-0.1, -0.05) is 30.3 Å². The molecule has 0 radical (unpaired) electrons. The standard InChI is InChI=1S/C17H24O6/c1-17(2)22-14-13(21-16(19-3)15(14)23-17)12(18)10-20-9-11-7-5-4-6-8-11/h4-8,12-16,18H,9-10H2,1-3H3/t12-,13-,14+,15+,16+/m1/s1. The van der Waals surface area contributed by atoms with E-state index < -0.39 is 24.3 Å². The summed E-state index contributed by atoms with van der Waals surface area (Å²) in [4.78, 5) is 0. The Bertz CT molecular complexity index is 505. The highest BCUT2D eigenvalue weighted by Crippen LogP contribution is 2.39. The zero-order chi connectivity index (χ0) is 16.4. The van der Waals surface area contributed by atoms with E-state index in [0.29, 0.717) is 6.61 Å². The summed E-state index contributed by atoms with van der Waals surface area (Å²) in [6, 6.07) is 9.82. The van der Waals surface area contributed by atoms with Crippen molar-refractivity contribution in [3.63, 3.8) is 0 Å². The van der Waals surface area contributed by atoms with E-state index in [2.05, 4.69) is 0 Å². The molecule has 0 aromatic heterocycles. The minimum absolute atomic E-state index is 0.156. The van der Waals surface area contributed by atoms with Crippen LogP contribution >= 0.6 is 0 Å². The molecule has 2 saturated heterocycles. The summed E-state index contributed by atoms with van der Waals surface area (Å²) in [6.45, 7) is 4.28. The molecule has 6 heteroatoms. The van der Waals surface area contributed by atoms with Gasteiger partial charge in [-0.15, -0.1) is 0 Å². The predicted octanol–water partition coefficient (Wildman–Crippen LogP) is 1.46. The average molecular weight is 324 g/mol. The van der Waals surface area contributed by atoms with Crippen molar-refractivity contribution in [3.8, 4) is 0 Å². The normalized spacial score (nSPS) is 33.6. The Hall–Kier alpha value is -1.02. The molecule has 1 N–H and O–H groups in total. The molecular weight excluding hydrogens is 300 g/mol. The second-order valence-electron chi connectivity index (χ2n) is 6.34. The first-order chi connectivity index (χ1) is 11.0. The molecule has 23 heavy (non-hydrogen) atoms. The minimum atomic E-state index is -0.816. The Labute approximate surface area is 136 Å². The van der Waals surface area contributed by atoms with Gasteiger partial charge < -0.3 is 28.8 Å². The second-order valence-corrected chi connectivity index (χ2v) is 6.34. The van der Waals surface area contributed by atoms with Crippen molar-refractivity contribution in [1.29, 1.82) is 0 Å². The van der Waals surface area contributed by atoms with Gasteiger partial charge >= 0.3 is 0 Å². The molecule has 2 aliphatic heterocycles.